The Morgan fingerprint density at radius 2 is 1.79 bits per heavy atom. The van der Waals surface area contributed by atoms with Crippen molar-refractivity contribution < 1.29 is 28.7 Å². The number of amides is 3. The van der Waals surface area contributed by atoms with Crippen LogP contribution in [0.1, 0.15) is 25.3 Å². The number of nitrogens with zero attached hydrogens (tertiary/aromatic N) is 1. The highest BCUT2D eigenvalue weighted by Gasteiger charge is 2.29. The molecule has 1 heterocycles. The minimum atomic E-state index is -0.989. The molecule has 158 valence electrons. The van der Waals surface area contributed by atoms with E-state index in [1.807, 2.05) is 30.3 Å². The molecule has 3 N–H and O–H groups in total. The summed E-state index contributed by atoms with van der Waals surface area (Å²) in [6, 6.07) is 7.23. The van der Waals surface area contributed by atoms with Gasteiger partial charge in [-0.25, -0.2) is 9.59 Å². The first-order valence-electron chi connectivity index (χ1n) is 9.61. The molecule has 29 heavy (non-hydrogen) atoms. The fourth-order valence-corrected chi connectivity index (χ4v) is 3.16. The monoisotopic (exact) mass is 405 g/mol. The third-order valence-corrected chi connectivity index (χ3v) is 4.69. The van der Waals surface area contributed by atoms with Gasteiger partial charge in [0.05, 0.1) is 12.5 Å². The predicted octanol–water partition coefficient (Wildman–Crippen LogP) is 0.611. The van der Waals surface area contributed by atoms with E-state index >= 15 is 0 Å². The summed E-state index contributed by atoms with van der Waals surface area (Å²) in [5.74, 6) is -1.54. The zero-order valence-corrected chi connectivity index (χ0v) is 16.5. The molecule has 0 spiro atoms. The first-order chi connectivity index (χ1) is 13.9. The number of ether oxygens (including phenoxy) is 2. The van der Waals surface area contributed by atoms with E-state index in [9.17, 15) is 19.2 Å². The summed E-state index contributed by atoms with van der Waals surface area (Å²) in [5.41, 5.74) is 5.96. The lowest BCUT2D eigenvalue weighted by Gasteiger charge is -2.30. The molecule has 1 aliphatic rings. The van der Waals surface area contributed by atoms with E-state index in [0.29, 0.717) is 32.5 Å². The Hall–Kier alpha value is -3.10. The highest BCUT2D eigenvalue weighted by Crippen LogP contribution is 2.18. The largest absolute Gasteiger partial charge is 0.466 e. The second kappa shape index (κ2) is 11.0. The number of rotatable bonds is 8. The molecule has 1 atom stereocenters. The SMILES string of the molecule is CCOC(=O)C1CCN(C(=O)COC(=O)C(Cc2ccccc2)NC(N)=O)CC1. The number of likely N-dealkylation sites (tertiary alicyclic amines) is 1. The second-order valence-corrected chi connectivity index (χ2v) is 6.77. The van der Waals surface area contributed by atoms with E-state index in [-0.39, 0.29) is 24.2 Å². The Kier molecular flexibility index (Phi) is 8.45. The molecule has 1 unspecified atom stereocenters. The van der Waals surface area contributed by atoms with Crippen LogP contribution in [-0.4, -0.2) is 61.1 Å². The first-order valence-corrected chi connectivity index (χ1v) is 9.61. The number of carbonyl (C=O) groups excluding carboxylic acids is 4. The molecular formula is C20H27N3O6. The van der Waals surface area contributed by atoms with Gasteiger partial charge in [0, 0.05) is 19.5 Å². The molecule has 0 saturated carbocycles. The van der Waals surface area contributed by atoms with Crippen LogP contribution in [0.2, 0.25) is 0 Å². The molecule has 1 aromatic rings. The van der Waals surface area contributed by atoms with Crippen molar-refractivity contribution in [2.45, 2.75) is 32.2 Å². The molecule has 1 aliphatic heterocycles. The Labute approximate surface area is 169 Å². The Balaban J connectivity index is 1.83. The summed E-state index contributed by atoms with van der Waals surface area (Å²) in [7, 11) is 0. The smallest absolute Gasteiger partial charge is 0.329 e. The summed E-state index contributed by atoms with van der Waals surface area (Å²) >= 11 is 0. The van der Waals surface area contributed by atoms with Crippen molar-refractivity contribution in [1.29, 1.82) is 0 Å². The molecule has 3 amide bonds. The van der Waals surface area contributed by atoms with E-state index < -0.39 is 24.6 Å². The Bertz CT molecular complexity index is 716. The summed E-state index contributed by atoms with van der Waals surface area (Å²) in [6.45, 7) is 2.44. The van der Waals surface area contributed by atoms with Crippen LogP contribution in [0, 0.1) is 5.92 Å². The van der Waals surface area contributed by atoms with Crippen molar-refractivity contribution in [3.05, 3.63) is 35.9 Å². The Morgan fingerprint density at radius 3 is 2.38 bits per heavy atom. The average molecular weight is 405 g/mol. The molecule has 0 aromatic heterocycles. The minimum absolute atomic E-state index is 0.196. The van der Waals surface area contributed by atoms with E-state index in [2.05, 4.69) is 5.32 Å². The van der Waals surface area contributed by atoms with Crippen LogP contribution in [0.25, 0.3) is 0 Å². The van der Waals surface area contributed by atoms with Crippen LogP contribution in [0.3, 0.4) is 0 Å². The maximum absolute atomic E-state index is 12.4. The first kappa shape index (κ1) is 22.2. The number of nitrogens with two attached hydrogens (primary N) is 1. The van der Waals surface area contributed by atoms with Gasteiger partial charge < -0.3 is 25.4 Å². The lowest BCUT2D eigenvalue weighted by Crippen LogP contribution is -2.47. The van der Waals surface area contributed by atoms with Crippen molar-refractivity contribution in [2.24, 2.45) is 11.7 Å². The molecular weight excluding hydrogens is 378 g/mol. The lowest BCUT2D eigenvalue weighted by atomic mass is 9.97. The fourth-order valence-electron chi connectivity index (χ4n) is 3.16. The summed E-state index contributed by atoms with van der Waals surface area (Å²) in [5, 5.41) is 2.35. The topological polar surface area (TPSA) is 128 Å². The van der Waals surface area contributed by atoms with Crippen LogP contribution in [0.5, 0.6) is 0 Å². The van der Waals surface area contributed by atoms with Gasteiger partial charge in [-0.3, -0.25) is 9.59 Å². The van der Waals surface area contributed by atoms with E-state index in [1.54, 1.807) is 11.8 Å². The van der Waals surface area contributed by atoms with Gasteiger partial charge >= 0.3 is 18.0 Å². The van der Waals surface area contributed by atoms with Crippen LogP contribution < -0.4 is 11.1 Å². The number of benzene rings is 1. The van der Waals surface area contributed by atoms with Gasteiger partial charge in [0.1, 0.15) is 6.04 Å². The van der Waals surface area contributed by atoms with E-state index in [1.165, 1.54) is 0 Å². The van der Waals surface area contributed by atoms with Gasteiger partial charge in [-0.2, -0.15) is 0 Å². The van der Waals surface area contributed by atoms with Gasteiger partial charge in [-0.05, 0) is 25.3 Å². The van der Waals surface area contributed by atoms with Gasteiger partial charge in [-0.15, -0.1) is 0 Å². The summed E-state index contributed by atoms with van der Waals surface area (Å²) in [4.78, 5) is 49.2. The Morgan fingerprint density at radius 1 is 1.14 bits per heavy atom. The molecule has 9 heteroatoms. The van der Waals surface area contributed by atoms with Gasteiger partial charge in [0.25, 0.3) is 5.91 Å². The van der Waals surface area contributed by atoms with Crippen LogP contribution in [0.4, 0.5) is 4.79 Å². The van der Waals surface area contributed by atoms with Crippen molar-refractivity contribution >= 4 is 23.9 Å². The molecule has 1 fully saturated rings. The fraction of sp³-hybridized carbons (Fsp3) is 0.500. The standard InChI is InChI=1S/C20H27N3O6/c1-2-28-18(25)15-8-10-23(11-9-15)17(24)13-29-19(26)16(22-20(21)27)12-14-6-4-3-5-7-14/h3-7,15-16H,2,8-13H2,1H3,(H3,21,22,27). The molecule has 0 bridgehead atoms. The number of urea groups is 1. The highest BCUT2D eigenvalue weighted by atomic mass is 16.5. The number of primary amides is 1. The molecule has 0 aliphatic carbocycles. The van der Waals surface area contributed by atoms with Gasteiger partial charge in [-0.1, -0.05) is 30.3 Å². The number of carbonyl (C=O) groups is 4. The van der Waals surface area contributed by atoms with Crippen LogP contribution in [-0.2, 0) is 30.3 Å². The second-order valence-electron chi connectivity index (χ2n) is 6.77. The van der Waals surface area contributed by atoms with E-state index in [4.69, 9.17) is 15.2 Å². The number of esters is 2. The number of piperidine rings is 1. The molecule has 9 nitrogen and oxygen atoms in total. The number of hydrogen-bond acceptors (Lipinski definition) is 6. The number of hydrogen-bond donors (Lipinski definition) is 2. The maximum atomic E-state index is 12.4. The zero-order valence-electron chi connectivity index (χ0n) is 16.5. The number of nitrogens with one attached hydrogen (secondary N) is 1. The van der Waals surface area contributed by atoms with Gasteiger partial charge in [0.15, 0.2) is 6.61 Å². The van der Waals surface area contributed by atoms with Crippen molar-refractivity contribution in [3.8, 4) is 0 Å². The third kappa shape index (κ3) is 7.10. The lowest BCUT2D eigenvalue weighted by molar-refractivity contribution is -0.155. The van der Waals surface area contributed by atoms with Crippen molar-refractivity contribution in [3.63, 3.8) is 0 Å². The van der Waals surface area contributed by atoms with E-state index in [0.717, 1.165) is 5.56 Å². The highest BCUT2D eigenvalue weighted by molar-refractivity contribution is 5.86. The zero-order chi connectivity index (χ0) is 21.2. The minimum Gasteiger partial charge on any atom is -0.466 e. The third-order valence-electron chi connectivity index (χ3n) is 4.69. The van der Waals surface area contributed by atoms with Crippen LogP contribution in [0.15, 0.2) is 30.3 Å². The van der Waals surface area contributed by atoms with Crippen molar-refractivity contribution in [1.82, 2.24) is 10.2 Å². The summed E-state index contributed by atoms with van der Waals surface area (Å²) < 4.78 is 10.1. The molecule has 1 saturated heterocycles. The summed E-state index contributed by atoms with van der Waals surface area (Å²) in [6.07, 6.45) is 1.22. The normalized spacial score (nSPS) is 15.3. The van der Waals surface area contributed by atoms with Crippen LogP contribution >= 0.6 is 0 Å². The predicted molar refractivity (Wildman–Crippen MR) is 104 cm³/mol. The van der Waals surface area contributed by atoms with Gasteiger partial charge in [0.2, 0.25) is 0 Å². The molecule has 0 radical (unpaired) electrons. The average Bonchev–Trinajstić information content (AvgIpc) is 2.72. The molecule has 1 aromatic carbocycles. The molecule has 2 rings (SSSR count). The quantitative estimate of drug-likeness (QED) is 0.610. The maximum Gasteiger partial charge on any atom is 0.329 e. The van der Waals surface area contributed by atoms with Crippen molar-refractivity contribution in [2.75, 3.05) is 26.3 Å².